The van der Waals surface area contributed by atoms with Crippen molar-refractivity contribution < 1.29 is 0 Å². The molecule has 1 saturated carbocycles. The van der Waals surface area contributed by atoms with Crippen molar-refractivity contribution in [3.05, 3.63) is 0 Å². The molecule has 1 aliphatic rings. The monoisotopic (exact) mass is 197 g/mol. The lowest BCUT2D eigenvalue weighted by Crippen LogP contribution is -2.37. The summed E-state index contributed by atoms with van der Waals surface area (Å²) in [5.74, 6) is 1.85. The molecule has 0 heterocycles. The molecule has 1 rings (SSSR count). The summed E-state index contributed by atoms with van der Waals surface area (Å²) in [6.07, 6.45) is 7.03. The molecule has 0 amide bonds. The topological polar surface area (TPSA) is 12.0 Å². The third-order valence-electron chi connectivity index (χ3n) is 3.31. The maximum atomic E-state index is 3.69. The van der Waals surface area contributed by atoms with Gasteiger partial charge in [0.25, 0.3) is 0 Å². The molecular formula is C13H27N. The van der Waals surface area contributed by atoms with Gasteiger partial charge < -0.3 is 5.32 Å². The van der Waals surface area contributed by atoms with Gasteiger partial charge in [-0.05, 0) is 31.1 Å². The highest BCUT2D eigenvalue weighted by molar-refractivity contribution is 4.76. The van der Waals surface area contributed by atoms with Gasteiger partial charge in [-0.15, -0.1) is 0 Å². The molecule has 0 saturated heterocycles. The second-order valence-electron chi connectivity index (χ2n) is 5.63. The van der Waals surface area contributed by atoms with Crippen molar-refractivity contribution >= 4 is 0 Å². The Hall–Kier alpha value is -0.0400. The lowest BCUT2D eigenvalue weighted by Gasteiger charge is -2.29. The van der Waals surface area contributed by atoms with E-state index in [9.17, 15) is 0 Å². The van der Waals surface area contributed by atoms with E-state index in [-0.39, 0.29) is 0 Å². The first-order valence-corrected chi connectivity index (χ1v) is 6.34. The van der Waals surface area contributed by atoms with Gasteiger partial charge in [0.2, 0.25) is 0 Å². The summed E-state index contributed by atoms with van der Waals surface area (Å²) in [5, 5.41) is 3.69. The van der Waals surface area contributed by atoms with Gasteiger partial charge in [-0.1, -0.05) is 40.5 Å². The van der Waals surface area contributed by atoms with Crippen LogP contribution in [0, 0.1) is 11.8 Å². The van der Waals surface area contributed by atoms with Crippen molar-refractivity contribution in [3.63, 3.8) is 0 Å². The van der Waals surface area contributed by atoms with Gasteiger partial charge in [0.1, 0.15) is 0 Å². The SMILES string of the molecule is CC1CCCC(NC(C)C)CC(C)C1. The molecule has 1 N–H and O–H groups in total. The highest BCUT2D eigenvalue weighted by atomic mass is 14.9. The number of rotatable bonds is 2. The molecule has 1 fully saturated rings. The van der Waals surface area contributed by atoms with Gasteiger partial charge in [0, 0.05) is 12.1 Å². The molecule has 0 aromatic rings. The summed E-state index contributed by atoms with van der Waals surface area (Å²) in [6, 6.07) is 1.42. The van der Waals surface area contributed by atoms with Gasteiger partial charge >= 0.3 is 0 Å². The van der Waals surface area contributed by atoms with Crippen LogP contribution in [0.3, 0.4) is 0 Å². The fraction of sp³-hybridized carbons (Fsp3) is 1.00. The number of nitrogens with one attached hydrogen (secondary N) is 1. The van der Waals surface area contributed by atoms with Crippen LogP contribution in [0.5, 0.6) is 0 Å². The fourth-order valence-corrected chi connectivity index (χ4v) is 2.84. The average molecular weight is 197 g/mol. The normalized spacial score (nSPS) is 35.4. The van der Waals surface area contributed by atoms with Gasteiger partial charge in [0.05, 0.1) is 0 Å². The molecule has 0 bridgehead atoms. The van der Waals surface area contributed by atoms with Crippen molar-refractivity contribution in [1.29, 1.82) is 0 Å². The predicted molar refractivity (Wildman–Crippen MR) is 63.5 cm³/mol. The summed E-state index contributed by atoms with van der Waals surface area (Å²) in [7, 11) is 0. The largest absolute Gasteiger partial charge is 0.312 e. The second kappa shape index (κ2) is 5.75. The molecule has 0 aromatic heterocycles. The molecule has 0 aromatic carbocycles. The molecular weight excluding hydrogens is 170 g/mol. The molecule has 14 heavy (non-hydrogen) atoms. The molecule has 1 heteroatoms. The van der Waals surface area contributed by atoms with Gasteiger partial charge in [-0.25, -0.2) is 0 Å². The number of hydrogen-bond donors (Lipinski definition) is 1. The maximum absolute atomic E-state index is 3.69. The maximum Gasteiger partial charge on any atom is 0.00719 e. The van der Waals surface area contributed by atoms with E-state index in [0.29, 0.717) is 6.04 Å². The van der Waals surface area contributed by atoms with E-state index >= 15 is 0 Å². The number of hydrogen-bond acceptors (Lipinski definition) is 1. The first-order chi connectivity index (χ1) is 6.58. The van der Waals surface area contributed by atoms with Crippen LogP contribution in [-0.4, -0.2) is 12.1 Å². The molecule has 3 atom stereocenters. The summed E-state index contributed by atoms with van der Waals surface area (Å²) in [4.78, 5) is 0. The average Bonchev–Trinajstić information content (AvgIpc) is 1.99. The van der Waals surface area contributed by atoms with Gasteiger partial charge in [0.15, 0.2) is 0 Å². The minimum Gasteiger partial charge on any atom is -0.312 e. The van der Waals surface area contributed by atoms with E-state index in [2.05, 4.69) is 33.0 Å². The van der Waals surface area contributed by atoms with Crippen LogP contribution in [0.25, 0.3) is 0 Å². The minimum atomic E-state index is 0.643. The van der Waals surface area contributed by atoms with E-state index in [1.54, 1.807) is 0 Å². The van der Waals surface area contributed by atoms with Crippen LogP contribution in [0.1, 0.15) is 59.8 Å². The van der Waals surface area contributed by atoms with Crippen molar-refractivity contribution in [2.75, 3.05) is 0 Å². The zero-order valence-electron chi connectivity index (χ0n) is 10.3. The first-order valence-electron chi connectivity index (χ1n) is 6.34. The quantitative estimate of drug-likeness (QED) is 0.713. The summed E-state index contributed by atoms with van der Waals surface area (Å²) in [5.41, 5.74) is 0. The van der Waals surface area contributed by atoms with Crippen LogP contribution in [-0.2, 0) is 0 Å². The third-order valence-corrected chi connectivity index (χ3v) is 3.31. The Morgan fingerprint density at radius 1 is 1.00 bits per heavy atom. The Kier molecular flexibility index (Phi) is 4.94. The van der Waals surface area contributed by atoms with Crippen LogP contribution >= 0.6 is 0 Å². The van der Waals surface area contributed by atoms with E-state index in [4.69, 9.17) is 0 Å². The molecule has 0 aliphatic heterocycles. The molecule has 0 radical (unpaired) electrons. The Morgan fingerprint density at radius 3 is 2.36 bits per heavy atom. The van der Waals surface area contributed by atoms with E-state index in [0.717, 1.165) is 17.9 Å². The van der Waals surface area contributed by atoms with Gasteiger partial charge in [-0.3, -0.25) is 0 Å². The highest BCUT2D eigenvalue weighted by Gasteiger charge is 2.19. The molecule has 84 valence electrons. The van der Waals surface area contributed by atoms with Crippen LogP contribution in [0.4, 0.5) is 0 Å². The van der Waals surface area contributed by atoms with Crippen molar-refractivity contribution in [2.24, 2.45) is 11.8 Å². The fourth-order valence-electron chi connectivity index (χ4n) is 2.84. The second-order valence-corrected chi connectivity index (χ2v) is 5.63. The van der Waals surface area contributed by atoms with Crippen molar-refractivity contribution in [1.82, 2.24) is 5.32 Å². The molecule has 3 unspecified atom stereocenters. The Morgan fingerprint density at radius 2 is 1.71 bits per heavy atom. The lowest BCUT2D eigenvalue weighted by molar-refractivity contribution is 0.273. The van der Waals surface area contributed by atoms with Crippen LogP contribution < -0.4 is 5.32 Å². The van der Waals surface area contributed by atoms with E-state index in [1.165, 1.54) is 32.1 Å². The highest BCUT2D eigenvalue weighted by Crippen LogP contribution is 2.26. The zero-order chi connectivity index (χ0) is 10.6. The summed E-state index contributed by atoms with van der Waals surface area (Å²) < 4.78 is 0. The van der Waals surface area contributed by atoms with Crippen LogP contribution in [0.2, 0.25) is 0 Å². The van der Waals surface area contributed by atoms with E-state index < -0.39 is 0 Å². The molecule has 1 aliphatic carbocycles. The lowest BCUT2D eigenvalue weighted by atomic mass is 9.84. The van der Waals surface area contributed by atoms with Crippen LogP contribution in [0.15, 0.2) is 0 Å². The smallest absolute Gasteiger partial charge is 0.00719 e. The molecule has 1 nitrogen and oxygen atoms in total. The summed E-state index contributed by atoms with van der Waals surface area (Å²) in [6.45, 7) is 9.33. The predicted octanol–water partition coefficient (Wildman–Crippen LogP) is 3.59. The standard InChI is InChI=1S/C13H27N/c1-10(2)14-13-7-5-6-11(3)8-12(4)9-13/h10-14H,5-9H2,1-4H3. The minimum absolute atomic E-state index is 0.643. The third kappa shape index (κ3) is 4.45. The Labute approximate surface area is 89.7 Å². The van der Waals surface area contributed by atoms with E-state index in [1.807, 2.05) is 0 Å². The first kappa shape index (κ1) is 12.0. The van der Waals surface area contributed by atoms with Crippen molar-refractivity contribution in [2.45, 2.75) is 71.9 Å². The zero-order valence-corrected chi connectivity index (χ0v) is 10.3. The van der Waals surface area contributed by atoms with Gasteiger partial charge in [-0.2, -0.15) is 0 Å². The Bertz CT molecular complexity index is 153. The Balaban J connectivity index is 2.38. The van der Waals surface area contributed by atoms with Crippen molar-refractivity contribution in [3.8, 4) is 0 Å². The molecule has 0 spiro atoms. The summed E-state index contributed by atoms with van der Waals surface area (Å²) >= 11 is 0.